The molecule has 1 heterocycles. The van der Waals surface area contributed by atoms with Gasteiger partial charge in [-0.3, -0.25) is 19.3 Å². The van der Waals surface area contributed by atoms with Gasteiger partial charge in [-0.25, -0.2) is 4.79 Å². The number of methoxy groups -OCH3 is 1. The Balaban J connectivity index is 1.65. The first-order valence-corrected chi connectivity index (χ1v) is 10.8. The molecule has 1 aromatic carbocycles. The first-order chi connectivity index (χ1) is 14.9. The maximum atomic E-state index is 13.1. The molecule has 1 aliphatic heterocycles. The van der Waals surface area contributed by atoms with Crippen molar-refractivity contribution in [1.29, 1.82) is 0 Å². The van der Waals surface area contributed by atoms with Gasteiger partial charge >= 0.3 is 6.03 Å². The molecular formula is C23H32N4O5. The molecule has 32 heavy (non-hydrogen) atoms. The van der Waals surface area contributed by atoms with Crippen LogP contribution >= 0.6 is 0 Å². The standard InChI is InChI=1S/C23H32N4O5/c1-14(28)24-17-12-16(6-7-18(17)32-5)25-19(29)13-27-20(30)23(26-21(27)31)10-8-15(9-11-23)22(2,3)4/h6-7,12,15H,8-11,13H2,1-5H3,(H,24,28)(H,25,29)(H,26,31). The van der Waals surface area contributed by atoms with E-state index in [0.29, 0.717) is 35.9 Å². The average molecular weight is 445 g/mol. The molecule has 3 N–H and O–H groups in total. The van der Waals surface area contributed by atoms with Gasteiger partial charge in [0.2, 0.25) is 11.8 Å². The molecule has 0 atom stereocenters. The van der Waals surface area contributed by atoms with Gasteiger partial charge in [0.1, 0.15) is 17.8 Å². The van der Waals surface area contributed by atoms with Crippen LogP contribution in [-0.2, 0) is 14.4 Å². The number of hydrogen-bond donors (Lipinski definition) is 3. The molecule has 0 unspecified atom stereocenters. The summed E-state index contributed by atoms with van der Waals surface area (Å²) >= 11 is 0. The number of carbonyl (C=O) groups is 4. The minimum absolute atomic E-state index is 0.154. The number of hydrogen-bond acceptors (Lipinski definition) is 5. The van der Waals surface area contributed by atoms with E-state index in [4.69, 9.17) is 4.74 Å². The Labute approximate surface area is 188 Å². The second-order valence-corrected chi connectivity index (χ2v) is 9.69. The Bertz CT molecular complexity index is 929. The minimum atomic E-state index is -0.905. The van der Waals surface area contributed by atoms with Crippen LogP contribution in [0.1, 0.15) is 53.4 Å². The van der Waals surface area contributed by atoms with Crippen molar-refractivity contribution in [3.63, 3.8) is 0 Å². The largest absolute Gasteiger partial charge is 0.495 e. The summed E-state index contributed by atoms with van der Waals surface area (Å²) in [6.45, 7) is 7.57. The lowest BCUT2D eigenvalue weighted by molar-refractivity contribution is -0.135. The molecule has 1 aliphatic carbocycles. The highest BCUT2D eigenvalue weighted by Gasteiger charge is 2.53. The van der Waals surface area contributed by atoms with Crippen LogP contribution in [0.25, 0.3) is 0 Å². The number of ether oxygens (including phenoxy) is 1. The zero-order valence-electron chi connectivity index (χ0n) is 19.3. The fourth-order valence-electron chi connectivity index (χ4n) is 4.55. The lowest BCUT2D eigenvalue weighted by Crippen LogP contribution is -2.50. The van der Waals surface area contributed by atoms with Gasteiger partial charge in [-0.1, -0.05) is 20.8 Å². The first-order valence-electron chi connectivity index (χ1n) is 10.8. The second-order valence-electron chi connectivity index (χ2n) is 9.69. The van der Waals surface area contributed by atoms with Crippen LogP contribution in [-0.4, -0.2) is 47.8 Å². The van der Waals surface area contributed by atoms with E-state index in [1.807, 2.05) is 0 Å². The van der Waals surface area contributed by atoms with Crippen molar-refractivity contribution >= 4 is 35.1 Å². The smallest absolute Gasteiger partial charge is 0.325 e. The van der Waals surface area contributed by atoms with Gasteiger partial charge in [0.25, 0.3) is 5.91 Å². The Morgan fingerprint density at radius 1 is 1.19 bits per heavy atom. The van der Waals surface area contributed by atoms with Gasteiger partial charge in [0.05, 0.1) is 12.8 Å². The van der Waals surface area contributed by atoms with Crippen molar-refractivity contribution in [2.75, 3.05) is 24.3 Å². The van der Waals surface area contributed by atoms with E-state index in [-0.39, 0.29) is 23.8 Å². The Morgan fingerprint density at radius 2 is 1.84 bits per heavy atom. The highest BCUT2D eigenvalue weighted by Crippen LogP contribution is 2.43. The van der Waals surface area contributed by atoms with Gasteiger partial charge in [0.15, 0.2) is 0 Å². The zero-order valence-corrected chi connectivity index (χ0v) is 19.3. The fourth-order valence-corrected chi connectivity index (χ4v) is 4.55. The minimum Gasteiger partial charge on any atom is -0.495 e. The third-order valence-electron chi connectivity index (χ3n) is 6.41. The van der Waals surface area contributed by atoms with Crippen molar-refractivity contribution in [2.45, 2.75) is 58.9 Å². The number of benzene rings is 1. The molecule has 9 heteroatoms. The topological polar surface area (TPSA) is 117 Å². The molecule has 0 radical (unpaired) electrons. The Hall–Kier alpha value is -3.10. The molecule has 5 amide bonds. The molecule has 1 aromatic rings. The lowest BCUT2D eigenvalue weighted by Gasteiger charge is -2.40. The average Bonchev–Trinajstić information content (AvgIpc) is 2.91. The van der Waals surface area contributed by atoms with Gasteiger partial charge in [-0.05, 0) is 55.2 Å². The summed E-state index contributed by atoms with van der Waals surface area (Å²) in [7, 11) is 1.47. The SMILES string of the molecule is COc1ccc(NC(=O)CN2C(=O)NC3(CCC(C(C)(C)C)CC3)C2=O)cc1NC(C)=O. The summed E-state index contributed by atoms with van der Waals surface area (Å²) in [5, 5.41) is 8.16. The molecule has 2 fully saturated rings. The van der Waals surface area contributed by atoms with Gasteiger partial charge < -0.3 is 20.7 Å². The van der Waals surface area contributed by atoms with E-state index in [1.165, 1.54) is 14.0 Å². The van der Waals surface area contributed by atoms with E-state index in [2.05, 4.69) is 36.7 Å². The number of nitrogens with zero attached hydrogens (tertiary/aromatic N) is 1. The third kappa shape index (κ3) is 4.87. The van der Waals surface area contributed by atoms with Gasteiger partial charge in [-0.15, -0.1) is 0 Å². The zero-order chi connectivity index (χ0) is 23.7. The number of rotatable bonds is 5. The van der Waals surface area contributed by atoms with Crippen LogP contribution in [0.5, 0.6) is 5.75 Å². The van der Waals surface area contributed by atoms with Crippen molar-refractivity contribution < 1.29 is 23.9 Å². The maximum Gasteiger partial charge on any atom is 0.325 e. The Morgan fingerprint density at radius 3 is 2.41 bits per heavy atom. The van der Waals surface area contributed by atoms with E-state index < -0.39 is 17.5 Å². The molecule has 9 nitrogen and oxygen atoms in total. The highest BCUT2D eigenvalue weighted by atomic mass is 16.5. The molecule has 3 rings (SSSR count). The molecular weight excluding hydrogens is 412 g/mol. The fraction of sp³-hybridized carbons (Fsp3) is 0.565. The summed E-state index contributed by atoms with van der Waals surface area (Å²) in [4.78, 5) is 50.6. The number of nitrogens with one attached hydrogen (secondary N) is 3. The molecule has 174 valence electrons. The van der Waals surface area contributed by atoms with Crippen LogP contribution in [0.15, 0.2) is 18.2 Å². The normalized spacial score (nSPS) is 23.2. The number of urea groups is 1. The van der Waals surface area contributed by atoms with Gasteiger partial charge in [0, 0.05) is 12.6 Å². The van der Waals surface area contributed by atoms with Crippen molar-refractivity contribution in [2.24, 2.45) is 11.3 Å². The number of imide groups is 1. The third-order valence-corrected chi connectivity index (χ3v) is 6.41. The molecule has 1 saturated heterocycles. The van der Waals surface area contributed by atoms with E-state index >= 15 is 0 Å². The van der Waals surface area contributed by atoms with E-state index in [0.717, 1.165) is 17.7 Å². The molecule has 0 aromatic heterocycles. The summed E-state index contributed by atoms with van der Waals surface area (Å²) < 4.78 is 5.20. The number of anilines is 2. The van der Waals surface area contributed by atoms with Gasteiger partial charge in [-0.2, -0.15) is 0 Å². The summed E-state index contributed by atoms with van der Waals surface area (Å²) in [6.07, 6.45) is 2.87. The first kappa shape index (κ1) is 23.6. The Kier molecular flexibility index (Phi) is 6.48. The summed E-state index contributed by atoms with van der Waals surface area (Å²) in [5.74, 6) is -0.188. The molecule has 2 aliphatic rings. The molecule has 0 bridgehead atoms. The van der Waals surface area contributed by atoms with Crippen molar-refractivity contribution in [1.82, 2.24) is 10.2 Å². The lowest BCUT2D eigenvalue weighted by atomic mass is 9.67. The highest BCUT2D eigenvalue weighted by molar-refractivity contribution is 6.10. The van der Waals surface area contributed by atoms with E-state index in [1.54, 1.807) is 18.2 Å². The quantitative estimate of drug-likeness (QED) is 0.604. The van der Waals surface area contributed by atoms with Crippen molar-refractivity contribution in [3.8, 4) is 5.75 Å². The van der Waals surface area contributed by atoms with Crippen LogP contribution in [0.2, 0.25) is 0 Å². The second kappa shape index (κ2) is 8.80. The van der Waals surface area contributed by atoms with E-state index in [9.17, 15) is 19.2 Å². The predicted octanol–water partition coefficient (Wildman–Crippen LogP) is 3.12. The molecule has 1 saturated carbocycles. The van der Waals surface area contributed by atoms with Crippen LogP contribution in [0, 0.1) is 11.3 Å². The monoisotopic (exact) mass is 444 g/mol. The maximum absolute atomic E-state index is 13.1. The summed E-state index contributed by atoms with van der Waals surface area (Å²) in [6, 6.07) is 4.24. The predicted molar refractivity (Wildman–Crippen MR) is 120 cm³/mol. The van der Waals surface area contributed by atoms with Crippen LogP contribution < -0.4 is 20.7 Å². The summed E-state index contributed by atoms with van der Waals surface area (Å²) in [5.41, 5.74) is 0.0633. The number of carbonyl (C=O) groups excluding carboxylic acids is 4. The van der Waals surface area contributed by atoms with Crippen LogP contribution in [0.4, 0.5) is 16.2 Å². The van der Waals surface area contributed by atoms with Crippen LogP contribution in [0.3, 0.4) is 0 Å². The number of amides is 5. The van der Waals surface area contributed by atoms with Crippen molar-refractivity contribution in [3.05, 3.63) is 18.2 Å². The molecule has 1 spiro atoms.